The van der Waals surface area contributed by atoms with Crippen molar-refractivity contribution in [2.45, 2.75) is 39.2 Å². The molecule has 1 saturated heterocycles. The fourth-order valence-corrected chi connectivity index (χ4v) is 5.59. The number of anilines is 2. The number of carbonyl (C=O) groups is 3. The second kappa shape index (κ2) is 14.2. The topological polar surface area (TPSA) is 124 Å². The summed E-state index contributed by atoms with van der Waals surface area (Å²) < 4.78 is 1.57. The molecule has 1 aliphatic heterocycles. The van der Waals surface area contributed by atoms with Crippen LogP contribution in [0.2, 0.25) is 0 Å². The Morgan fingerprint density at radius 2 is 1.62 bits per heavy atom. The van der Waals surface area contributed by atoms with E-state index in [1.807, 2.05) is 63.2 Å². The molecule has 0 aliphatic carbocycles. The molecule has 0 bridgehead atoms. The third-order valence-corrected chi connectivity index (χ3v) is 8.42. The summed E-state index contributed by atoms with van der Waals surface area (Å²) in [4.78, 5) is 48.7. The van der Waals surface area contributed by atoms with Crippen LogP contribution in [0.15, 0.2) is 73.1 Å². The molecule has 0 atom stereocenters. The minimum Gasteiger partial charge on any atom is -0.481 e. The van der Waals surface area contributed by atoms with Gasteiger partial charge in [-0.1, -0.05) is 45.0 Å². The van der Waals surface area contributed by atoms with Crippen LogP contribution in [-0.2, 0) is 23.8 Å². The van der Waals surface area contributed by atoms with Crippen molar-refractivity contribution in [3.63, 3.8) is 0 Å². The van der Waals surface area contributed by atoms with Crippen molar-refractivity contribution in [1.82, 2.24) is 24.6 Å². The van der Waals surface area contributed by atoms with Crippen LogP contribution in [-0.4, -0.2) is 87.2 Å². The van der Waals surface area contributed by atoms with E-state index in [2.05, 4.69) is 32.2 Å². The number of carboxylic acids is 1. The number of likely N-dealkylation sites (N-methyl/N-ethyl adjacent to an activating group) is 1. The molecule has 47 heavy (non-hydrogen) atoms. The van der Waals surface area contributed by atoms with Crippen LogP contribution in [0.3, 0.4) is 0 Å². The highest BCUT2D eigenvalue weighted by Crippen LogP contribution is 2.33. The van der Waals surface area contributed by atoms with Crippen LogP contribution in [0.4, 0.5) is 11.4 Å². The number of pyridine rings is 1. The molecule has 4 aromatic rings. The van der Waals surface area contributed by atoms with Gasteiger partial charge in [-0.05, 0) is 60.1 Å². The molecule has 2 aromatic heterocycles. The molecule has 0 unspecified atom stereocenters. The molecule has 0 saturated carbocycles. The fraction of sp³-hybridized carbons (Fsp3) is 0.361. The first-order chi connectivity index (χ1) is 22.4. The number of carbonyl (C=O) groups excluding carboxylic acids is 2. The van der Waals surface area contributed by atoms with E-state index in [-0.39, 0.29) is 36.7 Å². The molecule has 0 spiro atoms. The van der Waals surface area contributed by atoms with Gasteiger partial charge >= 0.3 is 5.97 Å². The average Bonchev–Trinajstić information content (AvgIpc) is 3.46. The lowest BCUT2D eigenvalue weighted by Crippen LogP contribution is -2.44. The van der Waals surface area contributed by atoms with Crippen LogP contribution in [0.25, 0.3) is 11.1 Å². The summed E-state index contributed by atoms with van der Waals surface area (Å²) in [5.74, 6) is -1.47. The molecule has 3 heterocycles. The van der Waals surface area contributed by atoms with E-state index in [4.69, 9.17) is 0 Å². The standard InChI is InChI=1S/C36H43N7O4/c1-36(2,3)32-23-31(41(5)39-32)35(47)43(16-13-33(44)45)24-25-7-6-8-27(21-25)28-9-10-30(42-19-17-40(4)18-20-42)29(22-28)38-34(46)26-11-14-37-15-12-26/h6-12,14-15,21-23H,13,16-20,24H2,1-5H3,(H,38,46)(H,44,45). The van der Waals surface area contributed by atoms with Crippen molar-refractivity contribution in [3.05, 3.63) is 95.6 Å². The normalized spacial score (nSPS) is 13.8. The predicted molar refractivity (Wildman–Crippen MR) is 183 cm³/mol. The SMILES string of the molecule is CN1CCN(c2ccc(-c3cccc(CN(CCC(=O)O)C(=O)c4cc(C(C)(C)C)nn4C)c3)cc2NC(=O)c2ccncc2)CC1. The average molecular weight is 638 g/mol. The van der Waals surface area contributed by atoms with Gasteiger partial charge in [0, 0.05) is 69.7 Å². The Kier molecular flexibility index (Phi) is 10.0. The van der Waals surface area contributed by atoms with E-state index in [0.29, 0.717) is 16.9 Å². The lowest BCUT2D eigenvalue weighted by molar-refractivity contribution is -0.137. The number of amides is 2. The maximum atomic E-state index is 13.8. The van der Waals surface area contributed by atoms with Crippen LogP contribution in [0, 0.1) is 0 Å². The zero-order valence-corrected chi connectivity index (χ0v) is 27.7. The molecule has 0 radical (unpaired) electrons. The van der Waals surface area contributed by atoms with Crippen LogP contribution in [0.1, 0.15) is 59.3 Å². The van der Waals surface area contributed by atoms with E-state index in [0.717, 1.165) is 54.3 Å². The van der Waals surface area contributed by atoms with Crippen molar-refractivity contribution >= 4 is 29.2 Å². The summed E-state index contributed by atoms with van der Waals surface area (Å²) in [6, 6.07) is 19.1. The Bertz CT molecular complexity index is 1740. The van der Waals surface area contributed by atoms with Crippen molar-refractivity contribution in [3.8, 4) is 11.1 Å². The zero-order chi connectivity index (χ0) is 33.7. The Labute approximate surface area is 275 Å². The number of aryl methyl sites for hydroxylation is 1. The van der Waals surface area contributed by atoms with Gasteiger partial charge in [0.15, 0.2) is 0 Å². The molecule has 2 N–H and O–H groups in total. The second-order valence-electron chi connectivity index (χ2n) is 13.1. The minimum absolute atomic E-state index is 0.0549. The van der Waals surface area contributed by atoms with Crippen LogP contribution in [0.5, 0.6) is 0 Å². The smallest absolute Gasteiger partial charge is 0.305 e. The van der Waals surface area contributed by atoms with E-state index in [1.54, 1.807) is 47.2 Å². The zero-order valence-electron chi connectivity index (χ0n) is 27.7. The van der Waals surface area contributed by atoms with Gasteiger partial charge in [0.2, 0.25) is 0 Å². The summed E-state index contributed by atoms with van der Waals surface area (Å²) >= 11 is 0. The van der Waals surface area contributed by atoms with Crippen LogP contribution >= 0.6 is 0 Å². The minimum atomic E-state index is -0.973. The second-order valence-corrected chi connectivity index (χ2v) is 13.1. The van der Waals surface area contributed by atoms with E-state index >= 15 is 0 Å². The first-order valence-corrected chi connectivity index (χ1v) is 15.8. The summed E-state index contributed by atoms with van der Waals surface area (Å²) in [6.45, 7) is 9.92. The highest BCUT2D eigenvalue weighted by molar-refractivity contribution is 6.06. The highest BCUT2D eigenvalue weighted by Gasteiger charge is 2.26. The Morgan fingerprint density at radius 1 is 0.915 bits per heavy atom. The molecule has 11 nitrogen and oxygen atoms in total. The fourth-order valence-electron chi connectivity index (χ4n) is 5.59. The van der Waals surface area contributed by atoms with E-state index in [1.165, 1.54) is 0 Å². The van der Waals surface area contributed by atoms with Gasteiger partial charge in [0.05, 0.1) is 23.5 Å². The number of carboxylic acid groups (broad SMARTS) is 1. The van der Waals surface area contributed by atoms with E-state index < -0.39 is 5.97 Å². The third kappa shape index (κ3) is 8.23. The van der Waals surface area contributed by atoms with Gasteiger partial charge < -0.3 is 25.1 Å². The summed E-state index contributed by atoms with van der Waals surface area (Å²) in [5, 5.41) is 17.1. The quantitative estimate of drug-likeness (QED) is 0.252. The van der Waals surface area contributed by atoms with Crippen molar-refractivity contribution in [1.29, 1.82) is 0 Å². The molecule has 5 rings (SSSR count). The predicted octanol–water partition coefficient (Wildman–Crippen LogP) is 4.90. The Balaban J connectivity index is 1.44. The molecule has 2 aromatic carbocycles. The lowest BCUT2D eigenvalue weighted by Gasteiger charge is -2.35. The van der Waals surface area contributed by atoms with Gasteiger partial charge in [-0.3, -0.25) is 24.0 Å². The number of piperazine rings is 1. The highest BCUT2D eigenvalue weighted by atomic mass is 16.4. The number of aromatic nitrogens is 3. The molecule has 11 heteroatoms. The number of hydrogen-bond acceptors (Lipinski definition) is 7. The first kappa shape index (κ1) is 33.3. The van der Waals surface area contributed by atoms with E-state index in [9.17, 15) is 19.5 Å². The maximum absolute atomic E-state index is 13.8. The molecule has 1 aliphatic rings. The third-order valence-electron chi connectivity index (χ3n) is 8.42. The molecule has 1 fully saturated rings. The largest absolute Gasteiger partial charge is 0.481 e. The monoisotopic (exact) mass is 637 g/mol. The maximum Gasteiger partial charge on any atom is 0.305 e. The number of hydrogen-bond donors (Lipinski definition) is 2. The summed E-state index contributed by atoms with van der Waals surface area (Å²) in [6.07, 6.45) is 3.02. The Morgan fingerprint density at radius 3 is 2.28 bits per heavy atom. The number of benzene rings is 2. The Hall–Kier alpha value is -5.03. The van der Waals surface area contributed by atoms with Crippen molar-refractivity contribution in [2.24, 2.45) is 7.05 Å². The molecular weight excluding hydrogens is 594 g/mol. The van der Waals surface area contributed by atoms with Gasteiger partial charge in [0.1, 0.15) is 5.69 Å². The summed E-state index contributed by atoms with van der Waals surface area (Å²) in [5.41, 5.74) is 5.80. The molecule has 2 amide bonds. The van der Waals surface area contributed by atoms with Gasteiger partial charge in [-0.15, -0.1) is 0 Å². The van der Waals surface area contributed by atoms with Gasteiger partial charge in [0.25, 0.3) is 11.8 Å². The lowest BCUT2D eigenvalue weighted by atomic mass is 9.92. The first-order valence-electron chi connectivity index (χ1n) is 15.8. The number of aliphatic carboxylic acids is 1. The molecular formula is C36H43N7O4. The van der Waals surface area contributed by atoms with Crippen molar-refractivity contribution < 1.29 is 19.5 Å². The van der Waals surface area contributed by atoms with Gasteiger partial charge in [-0.2, -0.15) is 5.10 Å². The number of nitrogens with zero attached hydrogens (tertiary/aromatic N) is 6. The van der Waals surface area contributed by atoms with Gasteiger partial charge in [-0.25, -0.2) is 0 Å². The summed E-state index contributed by atoms with van der Waals surface area (Å²) in [7, 11) is 3.84. The number of nitrogens with one attached hydrogen (secondary N) is 1. The van der Waals surface area contributed by atoms with Crippen LogP contribution < -0.4 is 10.2 Å². The molecule has 246 valence electrons. The van der Waals surface area contributed by atoms with Crippen molar-refractivity contribution in [2.75, 3.05) is 50.0 Å². The number of rotatable bonds is 10.